The molecule has 2 rings (SSSR count). The number of aromatic nitrogens is 1. The summed E-state index contributed by atoms with van der Waals surface area (Å²) < 4.78 is 44.4. The molecule has 2 heterocycles. The van der Waals surface area contributed by atoms with E-state index in [2.05, 4.69) is 4.98 Å². The molecule has 23 heavy (non-hydrogen) atoms. The smallest absolute Gasteiger partial charge is 0.419 e. The number of esters is 1. The Labute approximate surface area is 133 Å². The topological polar surface area (TPSA) is 42.4 Å². The summed E-state index contributed by atoms with van der Waals surface area (Å²) in [6.45, 7) is 4.39. The fourth-order valence-electron chi connectivity index (χ4n) is 3.06. The van der Waals surface area contributed by atoms with E-state index in [9.17, 15) is 18.0 Å². The summed E-state index contributed by atoms with van der Waals surface area (Å²) in [4.78, 5) is 17.5. The second-order valence-electron chi connectivity index (χ2n) is 6.37. The molecule has 0 radical (unpaired) electrons. The maximum atomic E-state index is 13.2. The number of hydrogen-bond acceptors (Lipinski definition) is 4. The molecular weight excluding hydrogens is 309 g/mol. The predicted molar refractivity (Wildman–Crippen MR) is 80.0 cm³/mol. The zero-order valence-corrected chi connectivity index (χ0v) is 13.5. The summed E-state index contributed by atoms with van der Waals surface area (Å²) >= 11 is 0. The first-order valence-electron chi connectivity index (χ1n) is 7.53. The van der Waals surface area contributed by atoms with Crippen molar-refractivity contribution in [1.82, 2.24) is 4.98 Å². The summed E-state index contributed by atoms with van der Waals surface area (Å²) in [5.41, 5.74) is -1.49. The molecule has 1 atom stereocenters. The number of halogens is 3. The Balaban J connectivity index is 2.28. The molecule has 1 aliphatic heterocycles. The molecule has 0 aliphatic carbocycles. The number of methoxy groups -OCH3 is 1. The van der Waals surface area contributed by atoms with Crippen LogP contribution in [-0.2, 0) is 15.7 Å². The molecule has 0 spiro atoms. The lowest BCUT2D eigenvalue weighted by Crippen LogP contribution is -2.46. The van der Waals surface area contributed by atoms with Crippen LogP contribution in [0.3, 0.4) is 0 Å². The lowest BCUT2D eigenvalue weighted by atomic mass is 9.74. The van der Waals surface area contributed by atoms with Crippen molar-refractivity contribution in [1.29, 1.82) is 0 Å². The van der Waals surface area contributed by atoms with Gasteiger partial charge in [0.2, 0.25) is 0 Å². The van der Waals surface area contributed by atoms with E-state index in [4.69, 9.17) is 4.74 Å². The van der Waals surface area contributed by atoms with E-state index in [0.29, 0.717) is 19.5 Å². The summed E-state index contributed by atoms with van der Waals surface area (Å²) in [6.07, 6.45) is -1.61. The Morgan fingerprint density at radius 1 is 1.39 bits per heavy atom. The quantitative estimate of drug-likeness (QED) is 0.796. The van der Waals surface area contributed by atoms with Crippen molar-refractivity contribution in [3.8, 4) is 0 Å². The SMILES string of the molecule is COC(=O)C(C)(C)C1CCCN(c2ncccc2C(F)(F)F)C1. The van der Waals surface area contributed by atoms with Crippen LogP contribution >= 0.6 is 0 Å². The lowest BCUT2D eigenvalue weighted by Gasteiger charge is -2.40. The second-order valence-corrected chi connectivity index (χ2v) is 6.37. The first-order valence-corrected chi connectivity index (χ1v) is 7.53. The van der Waals surface area contributed by atoms with Gasteiger partial charge in [-0.05, 0) is 44.7 Å². The van der Waals surface area contributed by atoms with E-state index >= 15 is 0 Å². The average Bonchev–Trinajstić information content (AvgIpc) is 2.53. The van der Waals surface area contributed by atoms with Crippen LogP contribution in [0.2, 0.25) is 0 Å². The number of anilines is 1. The van der Waals surface area contributed by atoms with Gasteiger partial charge in [-0.3, -0.25) is 4.79 Å². The molecule has 0 aromatic carbocycles. The van der Waals surface area contributed by atoms with Crippen molar-refractivity contribution in [3.05, 3.63) is 23.9 Å². The van der Waals surface area contributed by atoms with Crippen molar-refractivity contribution in [2.75, 3.05) is 25.1 Å². The van der Waals surface area contributed by atoms with Crippen molar-refractivity contribution >= 4 is 11.8 Å². The third-order valence-corrected chi connectivity index (χ3v) is 4.55. The largest absolute Gasteiger partial charge is 0.469 e. The van der Waals surface area contributed by atoms with Crippen LogP contribution in [0.4, 0.5) is 19.0 Å². The number of carbonyl (C=O) groups excluding carboxylic acids is 1. The predicted octanol–water partition coefficient (Wildman–Crippen LogP) is 3.52. The molecule has 1 aromatic heterocycles. The van der Waals surface area contributed by atoms with Crippen molar-refractivity contribution in [3.63, 3.8) is 0 Å². The molecular formula is C16H21F3N2O2. The van der Waals surface area contributed by atoms with Crippen LogP contribution in [0.25, 0.3) is 0 Å². The summed E-state index contributed by atoms with van der Waals surface area (Å²) in [5, 5.41) is 0. The van der Waals surface area contributed by atoms with Gasteiger partial charge < -0.3 is 9.64 Å². The van der Waals surface area contributed by atoms with Crippen LogP contribution in [0.1, 0.15) is 32.3 Å². The zero-order valence-electron chi connectivity index (χ0n) is 13.5. The van der Waals surface area contributed by atoms with Gasteiger partial charge in [0.05, 0.1) is 18.1 Å². The number of ether oxygens (including phenoxy) is 1. The van der Waals surface area contributed by atoms with Gasteiger partial charge in [-0.25, -0.2) is 4.98 Å². The molecule has 4 nitrogen and oxygen atoms in total. The number of nitrogens with zero attached hydrogens (tertiary/aromatic N) is 2. The van der Waals surface area contributed by atoms with Crippen LogP contribution < -0.4 is 4.90 Å². The molecule has 7 heteroatoms. The Morgan fingerprint density at radius 3 is 2.70 bits per heavy atom. The molecule has 1 unspecified atom stereocenters. The van der Waals surface area contributed by atoms with Crippen molar-refractivity contribution < 1.29 is 22.7 Å². The molecule has 0 N–H and O–H groups in total. The fraction of sp³-hybridized carbons (Fsp3) is 0.625. The van der Waals surface area contributed by atoms with Gasteiger partial charge in [0.25, 0.3) is 0 Å². The fourth-order valence-corrected chi connectivity index (χ4v) is 3.06. The molecule has 1 aromatic rings. The Bertz CT molecular complexity index is 573. The Kier molecular flexibility index (Phi) is 4.87. The van der Waals surface area contributed by atoms with Crippen LogP contribution in [0.5, 0.6) is 0 Å². The highest BCUT2D eigenvalue weighted by atomic mass is 19.4. The first-order chi connectivity index (χ1) is 10.7. The number of pyridine rings is 1. The van der Waals surface area contributed by atoms with E-state index in [1.54, 1.807) is 18.7 Å². The third kappa shape index (κ3) is 3.59. The summed E-state index contributed by atoms with van der Waals surface area (Å²) in [7, 11) is 1.32. The van der Waals surface area contributed by atoms with Gasteiger partial charge in [-0.15, -0.1) is 0 Å². The second kappa shape index (κ2) is 6.37. The molecule has 1 aliphatic rings. The minimum Gasteiger partial charge on any atom is -0.469 e. The maximum Gasteiger partial charge on any atom is 0.419 e. The van der Waals surface area contributed by atoms with E-state index in [1.165, 1.54) is 19.4 Å². The van der Waals surface area contributed by atoms with Gasteiger partial charge in [-0.2, -0.15) is 13.2 Å². The van der Waals surface area contributed by atoms with Crippen LogP contribution in [0, 0.1) is 11.3 Å². The van der Waals surface area contributed by atoms with Crippen molar-refractivity contribution in [2.24, 2.45) is 11.3 Å². The summed E-state index contributed by atoms with van der Waals surface area (Å²) in [6, 6.07) is 2.32. The molecule has 0 saturated carbocycles. The lowest BCUT2D eigenvalue weighted by molar-refractivity contribution is -0.154. The third-order valence-electron chi connectivity index (χ3n) is 4.55. The van der Waals surface area contributed by atoms with Gasteiger partial charge in [0.15, 0.2) is 0 Å². The molecule has 1 saturated heterocycles. The van der Waals surface area contributed by atoms with Gasteiger partial charge >= 0.3 is 12.1 Å². The average molecular weight is 330 g/mol. The van der Waals surface area contributed by atoms with Crippen LogP contribution in [-0.4, -0.2) is 31.2 Å². The Morgan fingerprint density at radius 2 is 2.09 bits per heavy atom. The monoisotopic (exact) mass is 330 g/mol. The highest BCUT2D eigenvalue weighted by Gasteiger charge is 2.42. The van der Waals surface area contributed by atoms with E-state index in [1.807, 2.05) is 0 Å². The highest BCUT2D eigenvalue weighted by molar-refractivity contribution is 5.76. The van der Waals surface area contributed by atoms with E-state index in [-0.39, 0.29) is 17.7 Å². The molecule has 0 bridgehead atoms. The van der Waals surface area contributed by atoms with Crippen LogP contribution in [0.15, 0.2) is 18.3 Å². The number of rotatable bonds is 3. The Hall–Kier alpha value is -1.79. The van der Waals surface area contributed by atoms with Gasteiger partial charge in [0.1, 0.15) is 5.82 Å². The number of hydrogen-bond donors (Lipinski definition) is 0. The minimum absolute atomic E-state index is 0.0645. The maximum absolute atomic E-state index is 13.2. The van der Waals surface area contributed by atoms with E-state index in [0.717, 1.165) is 12.5 Å². The number of piperidine rings is 1. The number of alkyl halides is 3. The zero-order chi connectivity index (χ0) is 17.3. The van der Waals surface area contributed by atoms with E-state index < -0.39 is 17.2 Å². The normalized spacial score (nSPS) is 19.6. The van der Waals surface area contributed by atoms with Crippen molar-refractivity contribution in [2.45, 2.75) is 32.9 Å². The summed E-state index contributed by atoms with van der Waals surface area (Å²) in [5.74, 6) is -0.501. The standard InChI is InChI=1S/C16H21F3N2O2/c1-15(2,14(22)23-3)11-6-5-9-21(10-11)13-12(16(17,18)19)7-4-8-20-13/h4,7-8,11H,5-6,9-10H2,1-3H3. The van der Waals surface area contributed by atoms with Gasteiger partial charge in [0, 0.05) is 19.3 Å². The molecule has 0 amide bonds. The van der Waals surface area contributed by atoms with Gasteiger partial charge in [-0.1, -0.05) is 0 Å². The minimum atomic E-state index is -4.45. The molecule has 1 fully saturated rings. The highest BCUT2D eigenvalue weighted by Crippen LogP contribution is 2.40. The molecule has 128 valence electrons. The number of carbonyl (C=O) groups is 1. The first kappa shape index (κ1) is 17.6.